The molecule has 0 fully saturated rings. The lowest BCUT2D eigenvalue weighted by Gasteiger charge is -2.04. The molecule has 0 saturated carbocycles. The molecule has 0 bridgehead atoms. The van der Waals surface area contributed by atoms with Crippen LogP contribution in [0.1, 0.15) is 16.8 Å². The summed E-state index contributed by atoms with van der Waals surface area (Å²) >= 11 is 0. The Kier molecular flexibility index (Phi) is 1.86. The van der Waals surface area contributed by atoms with E-state index in [-0.39, 0.29) is 0 Å². The summed E-state index contributed by atoms with van der Waals surface area (Å²) in [6.45, 7) is 0. The lowest BCUT2D eigenvalue weighted by molar-refractivity contribution is 1.17. The molecule has 0 spiro atoms. The van der Waals surface area contributed by atoms with E-state index in [1.165, 1.54) is 16.3 Å². The first-order chi connectivity index (χ1) is 8.93. The number of hydrogen-bond acceptors (Lipinski definition) is 2. The van der Waals surface area contributed by atoms with Gasteiger partial charge in [0.15, 0.2) is 0 Å². The topological polar surface area (TPSA) is 25.8 Å². The van der Waals surface area contributed by atoms with Crippen molar-refractivity contribution in [3.63, 3.8) is 0 Å². The van der Waals surface area contributed by atoms with Crippen molar-refractivity contribution < 1.29 is 0 Å². The van der Waals surface area contributed by atoms with Crippen molar-refractivity contribution in [3.8, 4) is 0 Å². The van der Waals surface area contributed by atoms with Crippen LogP contribution in [0, 0.1) is 6.08 Å². The largest absolute Gasteiger partial charge is 0.261 e. The normalized spacial score (nSPS) is 12.8. The predicted octanol–water partition coefficient (Wildman–Crippen LogP) is 3.23. The summed E-state index contributed by atoms with van der Waals surface area (Å²) in [5.41, 5.74) is 4.25. The molecule has 18 heavy (non-hydrogen) atoms. The van der Waals surface area contributed by atoms with Crippen molar-refractivity contribution >= 4 is 16.3 Å². The Morgan fingerprint density at radius 1 is 0.944 bits per heavy atom. The smallest absolute Gasteiger partial charge is 0.0897 e. The van der Waals surface area contributed by atoms with Gasteiger partial charge in [0.1, 0.15) is 0 Å². The molecule has 0 amide bonds. The first-order valence-corrected chi connectivity index (χ1v) is 5.86. The Morgan fingerprint density at radius 2 is 1.83 bits per heavy atom. The van der Waals surface area contributed by atoms with Gasteiger partial charge in [0.05, 0.1) is 11.9 Å². The Morgan fingerprint density at radius 3 is 2.67 bits per heavy atom. The fourth-order valence-corrected chi connectivity index (χ4v) is 2.49. The van der Waals surface area contributed by atoms with Gasteiger partial charge in [0, 0.05) is 24.0 Å². The maximum absolute atomic E-state index is 4.37. The van der Waals surface area contributed by atoms with E-state index in [9.17, 15) is 0 Å². The van der Waals surface area contributed by atoms with Crippen molar-refractivity contribution in [1.29, 1.82) is 0 Å². The third kappa shape index (κ3) is 1.23. The van der Waals surface area contributed by atoms with E-state index in [1.54, 1.807) is 18.6 Å². The third-order valence-electron chi connectivity index (χ3n) is 3.25. The van der Waals surface area contributed by atoms with Crippen molar-refractivity contribution in [2.75, 3.05) is 0 Å². The molecule has 0 aliphatic heterocycles. The van der Waals surface area contributed by atoms with Crippen molar-refractivity contribution in [1.82, 2.24) is 9.97 Å². The molecule has 0 N–H and O–H groups in total. The van der Waals surface area contributed by atoms with Crippen molar-refractivity contribution in [2.24, 2.45) is 0 Å². The molecule has 1 aliphatic carbocycles. The number of rotatable bonds is 1. The predicted molar refractivity (Wildman–Crippen MR) is 70.8 cm³/mol. The molecule has 83 valence electrons. The van der Waals surface area contributed by atoms with Gasteiger partial charge in [-0.25, -0.2) is 0 Å². The molecule has 3 aromatic rings. The van der Waals surface area contributed by atoms with E-state index in [1.807, 2.05) is 0 Å². The van der Waals surface area contributed by atoms with Gasteiger partial charge in [-0.1, -0.05) is 36.4 Å². The van der Waals surface area contributed by atoms with Crippen LogP contribution in [-0.2, 0) is 0 Å². The van der Waals surface area contributed by atoms with Crippen LogP contribution in [-0.4, -0.2) is 9.97 Å². The van der Waals surface area contributed by atoms with E-state index < -0.39 is 0 Å². The molecule has 1 aromatic heterocycles. The minimum atomic E-state index is 0.876. The highest BCUT2D eigenvalue weighted by Crippen LogP contribution is 2.37. The van der Waals surface area contributed by atoms with Gasteiger partial charge in [0.25, 0.3) is 0 Å². The minimum absolute atomic E-state index is 0.876. The van der Waals surface area contributed by atoms with Gasteiger partial charge < -0.3 is 0 Å². The zero-order valence-corrected chi connectivity index (χ0v) is 9.59. The first kappa shape index (κ1) is 9.54. The monoisotopic (exact) mass is 229 g/mol. The molecule has 0 saturated heterocycles. The second kappa shape index (κ2) is 3.50. The standard InChI is InChI=1S/C16H9N2/c1-3-11-4-2-6-13-14(9-12(5-1)16(11)13)15-10-17-7-8-18-15/h1-8,10H. The Balaban J connectivity index is 2.04. The molecule has 0 unspecified atom stereocenters. The third-order valence-corrected chi connectivity index (χ3v) is 3.25. The van der Waals surface area contributed by atoms with Gasteiger partial charge in [-0.15, -0.1) is 0 Å². The Labute approximate surface area is 105 Å². The van der Waals surface area contributed by atoms with Crippen molar-refractivity contribution in [2.45, 2.75) is 0 Å². The molecule has 0 atom stereocenters. The second-order valence-corrected chi connectivity index (χ2v) is 4.30. The van der Waals surface area contributed by atoms with E-state index in [2.05, 4.69) is 52.4 Å². The number of hydrogen-bond donors (Lipinski definition) is 0. The summed E-state index contributed by atoms with van der Waals surface area (Å²) in [5, 5.41) is 2.51. The highest BCUT2D eigenvalue weighted by molar-refractivity contribution is 6.04. The van der Waals surface area contributed by atoms with E-state index in [4.69, 9.17) is 0 Å². The van der Waals surface area contributed by atoms with Gasteiger partial charge in [-0.2, -0.15) is 0 Å². The van der Waals surface area contributed by atoms with E-state index in [0.717, 1.165) is 16.8 Å². The number of aromatic nitrogens is 2. The zero-order chi connectivity index (χ0) is 11.9. The van der Waals surface area contributed by atoms with Crippen LogP contribution in [0.5, 0.6) is 0 Å². The van der Waals surface area contributed by atoms with Crippen molar-refractivity contribution in [3.05, 3.63) is 77.9 Å². The summed E-state index contributed by atoms with van der Waals surface area (Å²) in [7, 11) is 0. The lowest BCUT2D eigenvalue weighted by atomic mass is 10.0. The first-order valence-electron chi connectivity index (χ1n) is 5.86. The Bertz CT molecular complexity index is 768. The minimum Gasteiger partial charge on any atom is -0.261 e. The van der Waals surface area contributed by atoms with Gasteiger partial charge >= 0.3 is 0 Å². The Hall–Kier alpha value is -2.48. The average Bonchev–Trinajstić information content (AvgIpc) is 2.82. The quantitative estimate of drug-likeness (QED) is 0.501. The summed E-state index contributed by atoms with van der Waals surface area (Å²) < 4.78 is 0. The van der Waals surface area contributed by atoms with Crippen LogP contribution in [0.3, 0.4) is 0 Å². The fourth-order valence-electron chi connectivity index (χ4n) is 2.49. The second-order valence-electron chi connectivity index (χ2n) is 4.30. The lowest BCUT2D eigenvalue weighted by Crippen LogP contribution is -1.90. The molecular formula is C16H9N2. The maximum atomic E-state index is 4.37. The van der Waals surface area contributed by atoms with Crippen LogP contribution in [0.15, 0.2) is 55.0 Å². The van der Waals surface area contributed by atoms with Gasteiger partial charge in [-0.05, 0) is 21.9 Å². The number of nitrogens with zero attached hydrogens (tertiary/aromatic N) is 2. The van der Waals surface area contributed by atoms with Crippen LogP contribution < -0.4 is 0 Å². The molecule has 4 rings (SSSR count). The molecule has 1 heterocycles. The highest BCUT2D eigenvalue weighted by atomic mass is 14.8. The van der Waals surface area contributed by atoms with Crippen LogP contribution >= 0.6 is 0 Å². The molecule has 2 aromatic carbocycles. The van der Waals surface area contributed by atoms with E-state index in [0.29, 0.717) is 0 Å². The fraction of sp³-hybridized carbons (Fsp3) is 0. The van der Waals surface area contributed by atoms with Crippen LogP contribution in [0.2, 0.25) is 0 Å². The van der Waals surface area contributed by atoms with Crippen LogP contribution in [0.4, 0.5) is 0 Å². The maximum Gasteiger partial charge on any atom is 0.0897 e. The summed E-state index contributed by atoms with van der Waals surface area (Å²) in [4.78, 5) is 8.50. The van der Waals surface area contributed by atoms with Crippen LogP contribution in [0.25, 0.3) is 16.3 Å². The average molecular weight is 229 g/mol. The molecule has 1 radical (unpaired) electrons. The highest BCUT2D eigenvalue weighted by Gasteiger charge is 2.18. The SMILES string of the molecule is [C]1=C(c2cnccn2)c2cccc3cccc1c23. The van der Waals surface area contributed by atoms with Gasteiger partial charge in [0.2, 0.25) is 0 Å². The molecular weight excluding hydrogens is 220 g/mol. The summed E-state index contributed by atoms with van der Waals surface area (Å²) in [6.07, 6.45) is 8.63. The zero-order valence-electron chi connectivity index (χ0n) is 9.59. The van der Waals surface area contributed by atoms with E-state index >= 15 is 0 Å². The molecule has 1 aliphatic rings. The summed E-state index contributed by atoms with van der Waals surface area (Å²) in [6, 6.07) is 12.6. The molecule has 2 heteroatoms. The van der Waals surface area contributed by atoms with Gasteiger partial charge in [-0.3, -0.25) is 9.97 Å². The number of benzene rings is 2. The summed E-state index contributed by atoms with van der Waals surface area (Å²) in [5.74, 6) is 0. The molecule has 2 nitrogen and oxygen atoms in total.